The van der Waals surface area contributed by atoms with Crippen molar-refractivity contribution in [2.45, 2.75) is 121 Å². The first kappa shape index (κ1) is 34.5. The van der Waals surface area contributed by atoms with Crippen molar-refractivity contribution in [1.82, 2.24) is 25.8 Å². The summed E-state index contributed by atoms with van der Waals surface area (Å²) in [5.74, 6) is -1.09. The van der Waals surface area contributed by atoms with Crippen molar-refractivity contribution in [2.75, 3.05) is 26.2 Å². The number of nitrogens with one attached hydrogen (secondary N) is 4. The van der Waals surface area contributed by atoms with Crippen molar-refractivity contribution in [1.29, 1.82) is 5.41 Å². The van der Waals surface area contributed by atoms with E-state index in [-0.39, 0.29) is 36.0 Å². The van der Waals surface area contributed by atoms with Gasteiger partial charge in [0.1, 0.15) is 18.4 Å². The quantitative estimate of drug-likeness (QED) is 0.0681. The third kappa shape index (κ3) is 10.3. The molecule has 0 saturated carbocycles. The number of likely N-dealkylation sites (tertiary alicyclic amines) is 1. The summed E-state index contributed by atoms with van der Waals surface area (Å²) in [6.45, 7) is 7.27. The highest BCUT2D eigenvalue weighted by molar-refractivity contribution is 5.96. The number of amidine groups is 1. The third-order valence-electron chi connectivity index (χ3n) is 9.19. The molecule has 6 N–H and O–H groups in total. The summed E-state index contributed by atoms with van der Waals surface area (Å²) in [6.07, 6.45) is 8.80. The first-order valence-electron chi connectivity index (χ1n) is 16.4. The molecule has 0 radical (unpaired) electrons. The smallest absolute Gasteiger partial charge is 0.246 e. The minimum atomic E-state index is -1.08. The van der Waals surface area contributed by atoms with Gasteiger partial charge in [-0.2, -0.15) is 0 Å². The lowest BCUT2D eigenvalue weighted by Crippen LogP contribution is -2.59. The molecule has 0 aromatic carbocycles. The number of carbonyl (C=O) groups excluding carboxylic acids is 5. The van der Waals surface area contributed by atoms with Gasteiger partial charge in [-0.15, -0.1) is 0 Å². The zero-order valence-electron chi connectivity index (χ0n) is 26.1. The molecule has 4 atom stereocenters. The first-order valence-corrected chi connectivity index (χ1v) is 16.4. The Kier molecular flexibility index (Phi) is 13.9. The third-order valence-corrected chi connectivity index (χ3v) is 9.19. The van der Waals surface area contributed by atoms with Crippen LogP contribution in [0.1, 0.15) is 97.3 Å². The summed E-state index contributed by atoms with van der Waals surface area (Å²) in [6, 6.07) is -2.52. The molecule has 0 aliphatic carbocycles. The van der Waals surface area contributed by atoms with E-state index in [2.05, 4.69) is 20.9 Å². The van der Waals surface area contributed by atoms with Crippen LogP contribution in [0.15, 0.2) is 0 Å². The molecule has 0 spiro atoms. The van der Waals surface area contributed by atoms with Crippen LogP contribution in [0.3, 0.4) is 0 Å². The zero-order valence-corrected chi connectivity index (χ0v) is 26.1. The molecule has 242 valence electrons. The highest BCUT2D eigenvalue weighted by Gasteiger charge is 2.40. The molecule has 0 aromatic rings. The molecule has 4 heterocycles. The number of hydrogen-bond donors (Lipinski definition) is 5. The van der Waals surface area contributed by atoms with Crippen LogP contribution in [0.4, 0.5) is 0 Å². The monoisotopic (exact) mass is 603 g/mol. The normalized spacial score (nSPS) is 24.3. The number of aldehydes is 1. The van der Waals surface area contributed by atoms with Gasteiger partial charge in [-0.05, 0) is 70.4 Å². The summed E-state index contributed by atoms with van der Waals surface area (Å²) in [5.41, 5.74) is 5.39. The largest absolute Gasteiger partial charge is 0.388 e. The standard InChI is InChI=1S/C31H53N7O5/c1-3-8-22(9-4-2)29(41)36-24(18-28(40)35-25-19-37-16-13-21(25)14-17-37)31(43)38-15-7-11-26(38)30(42)34-23(20-39)10-5-6-12-27(32)33/h20-26H,3-19H2,1-2H3,(H3,32,33)(H,34,42)(H,35,40)(H,36,41)/t23?,24-,25+,26?/m0/s1. The first-order chi connectivity index (χ1) is 20.7. The lowest BCUT2D eigenvalue weighted by Gasteiger charge is -2.45. The molecule has 4 fully saturated rings. The minimum Gasteiger partial charge on any atom is -0.388 e. The van der Waals surface area contributed by atoms with Gasteiger partial charge in [0, 0.05) is 31.5 Å². The molecule has 4 aliphatic heterocycles. The number of carbonyl (C=O) groups is 5. The van der Waals surface area contributed by atoms with E-state index in [0.29, 0.717) is 70.1 Å². The van der Waals surface area contributed by atoms with E-state index in [0.717, 1.165) is 45.3 Å². The van der Waals surface area contributed by atoms with Gasteiger partial charge in [0.05, 0.1) is 18.3 Å². The van der Waals surface area contributed by atoms with E-state index >= 15 is 0 Å². The summed E-state index contributed by atoms with van der Waals surface area (Å²) in [5, 5.41) is 16.1. The Bertz CT molecular complexity index is 978. The summed E-state index contributed by atoms with van der Waals surface area (Å²) in [4.78, 5) is 69.3. The van der Waals surface area contributed by atoms with Crippen molar-refractivity contribution in [2.24, 2.45) is 17.6 Å². The maximum Gasteiger partial charge on any atom is 0.246 e. The molecule has 0 aromatic heterocycles. The second kappa shape index (κ2) is 17.3. The van der Waals surface area contributed by atoms with Crippen LogP contribution >= 0.6 is 0 Å². The average molecular weight is 604 g/mol. The zero-order chi connectivity index (χ0) is 31.4. The van der Waals surface area contributed by atoms with E-state index in [9.17, 15) is 24.0 Å². The average Bonchev–Trinajstić information content (AvgIpc) is 3.48. The fourth-order valence-corrected chi connectivity index (χ4v) is 6.81. The Hall–Kier alpha value is -3.02. The fraction of sp³-hybridized carbons (Fsp3) is 0.806. The number of fused-ring (bicyclic) bond motifs is 3. The van der Waals surface area contributed by atoms with Crippen LogP contribution in [0.5, 0.6) is 0 Å². The SMILES string of the molecule is CCCC(CCC)C(=O)N[C@@H](CC(=O)N[C@@H]1CN2CCC1CC2)C(=O)N1CCCC1C(=O)NC(C=O)CCCCC(=N)N. The van der Waals surface area contributed by atoms with E-state index in [1.54, 1.807) is 0 Å². The van der Waals surface area contributed by atoms with Crippen LogP contribution in [-0.2, 0) is 24.0 Å². The van der Waals surface area contributed by atoms with Crippen LogP contribution in [0.2, 0.25) is 0 Å². The molecule has 4 saturated heterocycles. The van der Waals surface area contributed by atoms with Gasteiger partial charge < -0.3 is 36.3 Å². The molecule has 2 unspecified atom stereocenters. The van der Waals surface area contributed by atoms with E-state index in [1.165, 1.54) is 4.90 Å². The Morgan fingerprint density at radius 3 is 2.26 bits per heavy atom. The summed E-state index contributed by atoms with van der Waals surface area (Å²) in [7, 11) is 0. The Balaban J connectivity index is 1.68. The number of unbranched alkanes of at least 4 members (excludes halogenated alkanes) is 1. The molecular formula is C31H53N7O5. The van der Waals surface area contributed by atoms with Crippen LogP contribution in [0, 0.1) is 17.2 Å². The molecule has 4 aliphatic rings. The highest BCUT2D eigenvalue weighted by Crippen LogP contribution is 2.28. The Morgan fingerprint density at radius 1 is 0.977 bits per heavy atom. The Labute approximate surface area is 256 Å². The number of piperidine rings is 3. The van der Waals surface area contributed by atoms with E-state index < -0.39 is 29.9 Å². The highest BCUT2D eigenvalue weighted by atomic mass is 16.2. The Morgan fingerprint density at radius 2 is 1.67 bits per heavy atom. The number of amides is 4. The second-order valence-corrected chi connectivity index (χ2v) is 12.6. The molecule has 4 amide bonds. The summed E-state index contributed by atoms with van der Waals surface area (Å²) >= 11 is 0. The van der Waals surface area contributed by atoms with Gasteiger partial charge >= 0.3 is 0 Å². The van der Waals surface area contributed by atoms with E-state index in [1.807, 2.05) is 13.8 Å². The van der Waals surface area contributed by atoms with Gasteiger partial charge in [0.15, 0.2) is 0 Å². The topological polar surface area (TPSA) is 178 Å². The molecule has 12 nitrogen and oxygen atoms in total. The lowest BCUT2D eigenvalue weighted by atomic mass is 9.84. The van der Waals surface area contributed by atoms with Crippen molar-refractivity contribution in [3.8, 4) is 0 Å². The summed E-state index contributed by atoms with van der Waals surface area (Å²) < 4.78 is 0. The van der Waals surface area contributed by atoms with Crippen molar-refractivity contribution in [3.63, 3.8) is 0 Å². The van der Waals surface area contributed by atoms with Gasteiger partial charge in [-0.3, -0.25) is 24.6 Å². The van der Waals surface area contributed by atoms with E-state index in [4.69, 9.17) is 11.1 Å². The predicted octanol–water partition coefficient (Wildman–Crippen LogP) is 1.46. The maximum absolute atomic E-state index is 14.0. The van der Waals surface area contributed by atoms with Crippen LogP contribution in [-0.4, -0.2) is 95.9 Å². The van der Waals surface area contributed by atoms with Gasteiger partial charge in [-0.1, -0.05) is 33.1 Å². The number of hydrogen-bond acceptors (Lipinski definition) is 7. The number of nitrogens with two attached hydrogens (primary N) is 1. The second-order valence-electron chi connectivity index (χ2n) is 12.6. The predicted molar refractivity (Wildman–Crippen MR) is 164 cm³/mol. The molecular weight excluding hydrogens is 550 g/mol. The lowest BCUT2D eigenvalue weighted by molar-refractivity contribution is -0.143. The van der Waals surface area contributed by atoms with Crippen molar-refractivity contribution < 1.29 is 24.0 Å². The minimum absolute atomic E-state index is 0.0374. The van der Waals surface area contributed by atoms with Crippen LogP contribution < -0.4 is 21.7 Å². The van der Waals surface area contributed by atoms with Gasteiger partial charge in [0.25, 0.3) is 0 Å². The number of nitrogens with zero attached hydrogens (tertiary/aromatic N) is 2. The molecule has 2 bridgehead atoms. The van der Waals surface area contributed by atoms with Gasteiger partial charge in [-0.25, -0.2) is 0 Å². The fourth-order valence-electron chi connectivity index (χ4n) is 6.81. The van der Waals surface area contributed by atoms with Gasteiger partial charge in [0.2, 0.25) is 23.6 Å². The maximum atomic E-state index is 14.0. The van der Waals surface area contributed by atoms with Crippen molar-refractivity contribution in [3.05, 3.63) is 0 Å². The molecule has 4 rings (SSSR count). The molecule has 43 heavy (non-hydrogen) atoms. The van der Waals surface area contributed by atoms with Crippen molar-refractivity contribution >= 4 is 35.8 Å². The van der Waals surface area contributed by atoms with Crippen LogP contribution in [0.25, 0.3) is 0 Å². The molecule has 12 heteroatoms. The number of rotatable bonds is 18.